The normalized spacial score (nSPS) is 14.1. The molecular weight excluding hydrogens is 494 g/mol. The van der Waals surface area contributed by atoms with Gasteiger partial charge in [-0.3, -0.25) is 9.69 Å². The lowest BCUT2D eigenvalue weighted by molar-refractivity contribution is -0.274. The molecule has 0 aliphatic carbocycles. The highest BCUT2D eigenvalue weighted by Gasteiger charge is 2.38. The van der Waals surface area contributed by atoms with Gasteiger partial charge >= 0.3 is 12.5 Å². The van der Waals surface area contributed by atoms with Gasteiger partial charge in [0.1, 0.15) is 18.1 Å². The number of amides is 1. The van der Waals surface area contributed by atoms with Crippen molar-refractivity contribution in [2.24, 2.45) is 0 Å². The predicted molar refractivity (Wildman–Crippen MR) is 116 cm³/mol. The Labute approximate surface area is 200 Å². The number of halogens is 6. The van der Waals surface area contributed by atoms with Gasteiger partial charge in [-0.15, -0.1) is 13.2 Å². The summed E-state index contributed by atoms with van der Waals surface area (Å²) in [5.74, 6) is -0.911. The van der Waals surface area contributed by atoms with Gasteiger partial charge in [0, 0.05) is 11.8 Å². The third-order valence-electron chi connectivity index (χ3n) is 5.45. The molecule has 0 radical (unpaired) electrons. The number of fused-ring (bicyclic) bond motifs is 1. The lowest BCUT2D eigenvalue weighted by Crippen LogP contribution is -2.45. The number of carbonyl (C=O) groups excluding carboxylic acids is 1. The summed E-state index contributed by atoms with van der Waals surface area (Å²) in [6, 6.07) is 7.23. The molecule has 0 unspecified atom stereocenters. The molecule has 0 saturated heterocycles. The second kappa shape index (κ2) is 8.88. The Morgan fingerprint density at radius 1 is 0.917 bits per heavy atom. The number of rotatable bonds is 4. The maximum Gasteiger partial charge on any atom is 0.573 e. The molecule has 7 nitrogen and oxygen atoms in total. The van der Waals surface area contributed by atoms with E-state index in [1.54, 1.807) is 13.0 Å². The summed E-state index contributed by atoms with van der Waals surface area (Å²) >= 11 is 0. The first kappa shape index (κ1) is 25.1. The van der Waals surface area contributed by atoms with E-state index in [1.807, 2.05) is 0 Å². The van der Waals surface area contributed by atoms with E-state index in [-0.39, 0.29) is 23.8 Å². The Hall–Kier alpha value is -4.03. The molecular formula is C23H18F6N4O3. The van der Waals surface area contributed by atoms with E-state index < -0.39 is 29.9 Å². The molecule has 0 fully saturated rings. The van der Waals surface area contributed by atoms with E-state index in [1.165, 1.54) is 36.0 Å². The first-order chi connectivity index (χ1) is 16.8. The molecule has 0 N–H and O–H groups in total. The van der Waals surface area contributed by atoms with Gasteiger partial charge in [0.05, 0.1) is 35.9 Å². The highest BCUT2D eigenvalue weighted by Crippen LogP contribution is 2.40. The van der Waals surface area contributed by atoms with E-state index in [4.69, 9.17) is 4.74 Å². The number of ether oxygens (including phenoxy) is 2. The smallest absolute Gasteiger partial charge is 0.481 e. The molecule has 1 aromatic carbocycles. The fourth-order valence-electron chi connectivity index (χ4n) is 3.87. The van der Waals surface area contributed by atoms with E-state index >= 15 is 0 Å². The van der Waals surface area contributed by atoms with Crippen LogP contribution in [0.1, 0.15) is 27.3 Å². The summed E-state index contributed by atoms with van der Waals surface area (Å²) in [7, 11) is 1.41. The number of carbonyl (C=O) groups is 1. The zero-order valence-corrected chi connectivity index (χ0v) is 19.0. The Morgan fingerprint density at radius 3 is 2.19 bits per heavy atom. The number of anilines is 3. The summed E-state index contributed by atoms with van der Waals surface area (Å²) in [5.41, 5.74) is -0.125. The Morgan fingerprint density at radius 2 is 1.61 bits per heavy atom. The molecule has 0 bridgehead atoms. The van der Waals surface area contributed by atoms with Gasteiger partial charge in [-0.2, -0.15) is 13.2 Å². The first-order valence-corrected chi connectivity index (χ1v) is 10.3. The van der Waals surface area contributed by atoms with Gasteiger partial charge in [0.15, 0.2) is 0 Å². The van der Waals surface area contributed by atoms with E-state index in [9.17, 15) is 31.1 Å². The summed E-state index contributed by atoms with van der Waals surface area (Å²) in [5, 5.41) is 0. The summed E-state index contributed by atoms with van der Waals surface area (Å²) in [6.07, 6.45) is -8.77. The van der Waals surface area contributed by atoms with Crippen molar-refractivity contribution in [3.8, 4) is 11.6 Å². The number of pyridine rings is 2. The lowest BCUT2D eigenvalue weighted by atomic mass is 10.1. The van der Waals surface area contributed by atoms with Crippen LogP contribution in [-0.4, -0.2) is 36.0 Å². The van der Waals surface area contributed by atoms with Crippen molar-refractivity contribution in [1.29, 1.82) is 0 Å². The monoisotopic (exact) mass is 512 g/mol. The SMILES string of the molecule is COc1ccc(N2CN(c3ccc(OC(F)(F)F)cc3C)c3cnc(C(F)(F)F)cc3C2=O)c(C)n1. The molecule has 1 amide bonds. The molecule has 13 heteroatoms. The minimum Gasteiger partial charge on any atom is -0.481 e. The summed E-state index contributed by atoms with van der Waals surface area (Å²) in [6.45, 7) is 2.94. The number of methoxy groups -OCH3 is 1. The van der Waals surface area contributed by atoms with Crippen molar-refractivity contribution in [1.82, 2.24) is 9.97 Å². The number of benzene rings is 1. The molecule has 4 rings (SSSR count). The maximum atomic E-state index is 13.4. The van der Waals surface area contributed by atoms with Crippen molar-refractivity contribution in [3.05, 3.63) is 65.1 Å². The zero-order valence-electron chi connectivity index (χ0n) is 19.0. The molecule has 0 spiro atoms. The third-order valence-corrected chi connectivity index (χ3v) is 5.45. The van der Waals surface area contributed by atoms with Crippen molar-refractivity contribution < 1.29 is 40.6 Å². The minimum absolute atomic E-state index is 0.0657. The lowest BCUT2D eigenvalue weighted by Gasteiger charge is -2.39. The van der Waals surface area contributed by atoms with Gasteiger partial charge < -0.3 is 14.4 Å². The fourth-order valence-corrected chi connectivity index (χ4v) is 3.87. The average Bonchev–Trinajstić information content (AvgIpc) is 2.78. The number of hydrogen-bond donors (Lipinski definition) is 0. The largest absolute Gasteiger partial charge is 0.573 e. The maximum absolute atomic E-state index is 13.4. The molecule has 36 heavy (non-hydrogen) atoms. The van der Waals surface area contributed by atoms with Crippen LogP contribution in [0.2, 0.25) is 0 Å². The van der Waals surface area contributed by atoms with E-state index in [0.717, 1.165) is 18.3 Å². The third kappa shape index (κ3) is 4.86. The Bertz CT molecular complexity index is 1330. The number of hydrogen-bond acceptors (Lipinski definition) is 6. The van der Waals surface area contributed by atoms with Crippen LogP contribution in [0, 0.1) is 13.8 Å². The predicted octanol–water partition coefficient (Wildman–Crippen LogP) is 5.78. The number of aromatic nitrogens is 2. The average molecular weight is 512 g/mol. The van der Waals surface area contributed by atoms with E-state index in [2.05, 4.69) is 14.7 Å². The highest BCUT2D eigenvalue weighted by atomic mass is 19.4. The van der Waals surface area contributed by atoms with Crippen molar-refractivity contribution in [3.63, 3.8) is 0 Å². The minimum atomic E-state index is -4.90. The van der Waals surface area contributed by atoms with Gasteiger partial charge in [-0.1, -0.05) is 0 Å². The Kier molecular flexibility index (Phi) is 6.18. The first-order valence-electron chi connectivity index (χ1n) is 10.3. The number of aryl methyl sites for hydroxylation is 2. The van der Waals surface area contributed by atoms with Crippen molar-refractivity contribution >= 4 is 23.0 Å². The molecule has 0 saturated carbocycles. The van der Waals surface area contributed by atoms with E-state index in [0.29, 0.717) is 28.7 Å². The van der Waals surface area contributed by atoms with Gasteiger partial charge in [-0.05, 0) is 49.7 Å². The molecule has 2 aromatic heterocycles. The summed E-state index contributed by atoms with van der Waals surface area (Å²) in [4.78, 5) is 23.8. The highest BCUT2D eigenvalue weighted by molar-refractivity contribution is 6.12. The molecule has 3 heterocycles. The second-order valence-corrected chi connectivity index (χ2v) is 7.84. The van der Waals surface area contributed by atoms with Crippen LogP contribution in [0.5, 0.6) is 11.6 Å². The van der Waals surface area contributed by atoms with Crippen LogP contribution >= 0.6 is 0 Å². The van der Waals surface area contributed by atoms with Crippen LogP contribution < -0.4 is 19.3 Å². The quantitative estimate of drug-likeness (QED) is 0.413. The van der Waals surface area contributed by atoms with Crippen LogP contribution in [-0.2, 0) is 6.18 Å². The van der Waals surface area contributed by atoms with Crippen molar-refractivity contribution in [2.75, 3.05) is 23.6 Å². The zero-order chi connectivity index (χ0) is 26.4. The van der Waals surface area contributed by atoms with Crippen LogP contribution in [0.3, 0.4) is 0 Å². The fraction of sp³-hybridized carbons (Fsp3) is 0.261. The number of alkyl halides is 6. The van der Waals surface area contributed by atoms with Gasteiger partial charge in [-0.25, -0.2) is 9.97 Å². The molecule has 0 atom stereocenters. The second-order valence-electron chi connectivity index (χ2n) is 7.84. The summed E-state index contributed by atoms with van der Waals surface area (Å²) < 4.78 is 87.1. The molecule has 1 aliphatic heterocycles. The molecule has 3 aromatic rings. The molecule has 190 valence electrons. The van der Waals surface area contributed by atoms with Crippen LogP contribution in [0.4, 0.5) is 43.4 Å². The van der Waals surface area contributed by atoms with Crippen LogP contribution in [0.15, 0.2) is 42.6 Å². The topological polar surface area (TPSA) is 67.8 Å². The standard InChI is InChI=1S/C23H18F6N4O3/c1-12-8-14(36-23(27,28)29)4-5-16(12)32-11-33(17-6-7-20(35-3)31-13(17)2)21(34)15-9-19(22(24,25)26)30-10-18(15)32/h4-10H,11H2,1-3H3. The molecule has 1 aliphatic rings. The number of nitrogens with zero attached hydrogens (tertiary/aromatic N) is 4. The van der Waals surface area contributed by atoms with Crippen molar-refractivity contribution in [2.45, 2.75) is 26.4 Å². The van der Waals surface area contributed by atoms with Gasteiger partial charge in [0.25, 0.3) is 5.91 Å². The van der Waals surface area contributed by atoms with Gasteiger partial charge in [0.2, 0.25) is 5.88 Å². The van der Waals surface area contributed by atoms with Crippen LogP contribution in [0.25, 0.3) is 0 Å². The Balaban J connectivity index is 1.85.